The van der Waals surface area contributed by atoms with Gasteiger partial charge in [-0.1, -0.05) is 17.7 Å². The second kappa shape index (κ2) is 6.77. The number of aromatic nitrogens is 3. The summed E-state index contributed by atoms with van der Waals surface area (Å²) in [5, 5.41) is 4.94. The molecule has 1 aliphatic rings. The van der Waals surface area contributed by atoms with Gasteiger partial charge in [-0.05, 0) is 56.5 Å². The summed E-state index contributed by atoms with van der Waals surface area (Å²) in [7, 11) is 0. The average molecular weight is 320 g/mol. The minimum atomic E-state index is 0.295. The Morgan fingerprint density at radius 1 is 1.36 bits per heavy atom. The molecule has 118 valence electrons. The van der Waals surface area contributed by atoms with E-state index >= 15 is 0 Å². The minimum Gasteiger partial charge on any atom is -0.328 e. The van der Waals surface area contributed by atoms with E-state index in [4.69, 9.17) is 17.3 Å². The molecule has 0 saturated carbocycles. The van der Waals surface area contributed by atoms with Crippen LogP contribution in [0.25, 0.3) is 5.69 Å². The van der Waals surface area contributed by atoms with E-state index in [0.717, 1.165) is 25.3 Å². The first-order valence-corrected chi connectivity index (χ1v) is 8.12. The largest absolute Gasteiger partial charge is 0.328 e. The molecule has 22 heavy (non-hydrogen) atoms. The summed E-state index contributed by atoms with van der Waals surface area (Å²) >= 11 is 6.14. The molecule has 1 atom stereocenters. The van der Waals surface area contributed by atoms with Crippen LogP contribution in [0.5, 0.6) is 0 Å². The van der Waals surface area contributed by atoms with Crippen LogP contribution in [0.3, 0.4) is 0 Å². The smallest absolute Gasteiger partial charge is 0.138 e. The Morgan fingerprint density at radius 2 is 2.14 bits per heavy atom. The molecule has 0 radical (unpaired) electrons. The number of benzene rings is 1. The Labute approximate surface area is 136 Å². The van der Waals surface area contributed by atoms with Gasteiger partial charge in [0.1, 0.15) is 12.7 Å². The molecular formula is C16H22ClN5. The quantitative estimate of drug-likeness (QED) is 0.940. The molecule has 5 nitrogen and oxygen atoms in total. The summed E-state index contributed by atoms with van der Waals surface area (Å²) in [6.45, 7) is 5.19. The zero-order valence-corrected chi connectivity index (χ0v) is 13.6. The average Bonchev–Trinajstić information content (AvgIpc) is 3.04. The molecule has 1 aromatic carbocycles. The Kier molecular flexibility index (Phi) is 4.76. The van der Waals surface area contributed by atoms with Crippen LogP contribution in [0, 0.1) is 5.92 Å². The standard InChI is InChI=1S/C16H22ClN5/c1-12(18)13-4-6-21(7-5-13)9-14-2-3-15(17)8-16(14)22-11-19-10-20-22/h2-3,8,10-13H,4-7,9,18H2,1H3. The molecule has 2 N–H and O–H groups in total. The molecule has 1 unspecified atom stereocenters. The van der Waals surface area contributed by atoms with Crippen molar-refractivity contribution in [3.63, 3.8) is 0 Å². The van der Waals surface area contributed by atoms with Crippen molar-refractivity contribution < 1.29 is 0 Å². The molecule has 3 rings (SSSR count). The number of likely N-dealkylation sites (tertiary alicyclic amines) is 1. The number of rotatable bonds is 4. The molecule has 0 amide bonds. The van der Waals surface area contributed by atoms with Gasteiger partial charge >= 0.3 is 0 Å². The zero-order valence-electron chi connectivity index (χ0n) is 12.8. The molecule has 0 spiro atoms. The summed E-state index contributed by atoms with van der Waals surface area (Å²) in [5.41, 5.74) is 8.23. The third-order valence-corrected chi connectivity index (χ3v) is 4.72. The Hall–Kier alpha value is -1.43. The first kappa shape index (κ1) is 15.5. The highest BCUT2D eigenvalue weighted by molar-refractivity contribution is 6.30. The van der Waals surface area contributed by atoms with Crippen LogP contribution in [0.4, 0.5) is 0 Å². The van der Waals surface area contributed by atoms with E-state index in [0.29, 0.717) is 17.0 Å². The first-order valence-electron chi connectivity index (χ1n) is 7.75. The highest BCUT2D eigenvalue weighted by atomic mass is 35.5. The molecule has 0 aliphatic carbocycles. The Morgan fingerprint density at radius 3 is 2.77 bits per heavy atom. The molecule has 1 aromatic heterocycles. The lowest BCUT2D eigenvalue weighted by molar-refractivity contribution is 0.165. The number of halogens is 1. The van der Waals surface area contributed by atoms with E-state index < -0.39 is 0 Å². The molecule has 1 saturated heterocycles. The zero-order chi connectivity index (χ0) is 15.5. The molecular weight excluding hydrogens is 298 g/mol. The fourth-order valence-corrected chi connectivity index (χ4v) is 3.26. The maximum absolute atomic E-state index is 6.14. The van der Waals surface area contributed by atoms with Crippen LogP contribution in [0.1, 0.15) is 25.3 Å². The van der Waals surface area contributed by atoms with Gasteiger partial charge in [-0.3, -0.25) is 4.90 Å². The van der Waals surface area contributed by atoms with Crippen molar-refractivity contribution in [1.29, 1.82) is 0 Å². The lowest BCUT2D eigenvalue weighted by atomic mass is 9.91. The number of hydrogen-bond donors (Lipinski definition) is 1. The third kappa shape index (κ3) is 3.48. The summed E-state index contributed by atoms with van der Waals surface area (Å²) in [6.07, 6.45) is 5.59. The van der Waals surface area contributed by atoms with Crippen LogP contribution in [-0.4, -0.2) is 38.8 Å². The van der Waals surface area contributed by atoms with Gasteiger partial charge in [0, 0.05) is 17.6 Å². The SMILES string of the molecule is CC(N)C1CCN(Cc2ccc(Cl)cc2-n2cncn2)CC1. The second-order valence-corrected chi connectivity index (χ2v) is 6.52. The van der Waals surface area contributed by atoms with Gasteiger partial charge < -0.3 is 5.73 Å². The van der Waals surface area contributed by atoms with Crippen molar-refractivity contribution in [3.8, 4) is 5.69 Å². The lowest BCUT2D eigenvalue weighted by Gasteiger charge is -2.34. The number of nitrogens with two attached hydrogens (primary N) is 1. The predicted molar refractivity (Wildman–Crippen MR) is 88.0 cm³/mol. The number of nitrogens with zero attached hydrogens (tertiary/aromatic N) is 4. The summed E-state index contributed by atoms with van der Waals surface area (Å²) < 4.78 is 1.77. The molecule has 2 heterocycles. The minimum absolute atomic E-state index is 0.295. The molecule has 0 bridgehead atoms. The fourth-order valence-electron chi connectivity index (χ4n) is 3.09. The van der Waals surface area contributed by atoms with Gasteiger partial charge in [-0.2, -0.15) is 5.10 Å². The van der Waals surface area contributed by atoms with E-state index in [9.17, 15) is 0 Å². The van der Waals surface area contributed by atoms with E-state index in [-0.39, 0.29) is 0 Å². The van der Waals surface area contributed by atoms with Crippen LogP contribution < -0.4 is 5.73 Å². The fraction of sp³-hybridized carbons (Fsp3) is 0.500. The maximum atomic E-state index is 6.14. The van der Waals surface area contributed by atoms with Gasteiger partial charge in [-0.15, -0.1) is 0 Å². The third-order valence-electron chi connectivity index (χ3n) is 4.48. The number of piperidine rings is 1. The van der Waals surface area contributed by atoms with Crippen LogP contribution in [0.2, 0.25) is 5.02 Å². The van der Waals surface area contributed by atoms with E-state index in [1.54, 1.807) is 17.3 Å². The summed E-state index contributed by atoms with van der Waals surface area (Å²) in [4.78, 5) is 6.50. The normalized spacial score (nSPS) is 18.5. The Bertz CT molecular complexity index is 603. The van der Waals surface area contributed by atoms with Crippen molar-refractivity contribution in [2.75, 3.05) is 13.1 Å². The van der Waals surface area contributed by atoms with Crippen molar-refractivity contribution in [3.05, 3.63) is 41.4 Å². The Balaban J connectivity index is 1.73. The summed E-state index contributed by atoms with van der Waals surface area (Å²) in [6, 6.07) is 6.26. The molecule has 1 aliphatic heterocycles. The molecule has 6 heteroatoms. The van der Waals surface area contributed by atoms with E-state index in [1.807, 2.05) is 12.1 Å². The monoisotopic (exact) mass is 319 g/mol. The number of hydrogen-bond acceptors (Lipinski definition) is 4. The molecule has 1 fully saturated rings. The highest BCUT2D eigenvalue weighted by Crippen LogP contribution is 2.24. The van der Waals surface area contributed by atoms with Gasteiger partial charge in [0.2, 0.25) is 0 Å². The van der Waals surface area contributed by atoms with Crippen LogP contribution in [0.15, 0.2) is 30.9 Å². The maximum Gasteiger partial charge on any atom is 0.138 e. The van der Waals surface area contributed by atoms with Crippen molar-refractivity contribution in [2.24, 2.45) is 11.7 Å². The first-order chi connectivity index (χ1) is 10.6. The second-order valence-electron chi connectivity index (χ2n) is 6.09. The van der Waals surface area contributed by atoms with Crippen LogP contribution in [-0.2, 0) is 6.54 Å². The summed E-state index contributed by atoms with van der Waals surface area (Å²) in [5.74, 6) is 0.649. The highest BCUT2D eigenvalue weighted by Gasteiger charge is 2.22. The topological polar surface area (TPSA) is 60.0 Å². The van der Waals surface area contributed by atoms with Crippen LogP contribution >= 0.6 is 11.6 Å². The lowest BCUT2D eigenvalue weighted by Crippen LogP contribution is -2.39. The van der Waals surface area contributed by atoms with Gasteiger partial charge in [0.15, 0.2) is 0 Å². The molecule has 2 aromatic rings. The van der Waals surface area contributed by atoms with Crippen molar-refractivity contribution in [2.45, 2.75) is 32.4 Å². The van der Waals surface area contributed by atoms with Crippen molar-refractivity contribution >= 4 is 11.6 Å². The van der Waals surface area contributed by atoms with Gasteiger partial charge in [0.25, 0.3) is 0 Å². The predicted octanol–water partition coefficient (Wildman–Crippen LogP) is 2.48. The van der Waals surface area contributed by atoms with Gasteiger partial charge in [0.05, 0.1) is 5.69 Å². The van der Waals surface area contributed by atoms with E-state index in [1.165, 1.54) is 18.4 Å². The van der Waals surface area contributed by atoms with Gasteiger partial charge in [-0.25, -0.2) is 9.67 Å². The van der Waals surface area contributed by atoms with E-state index in [2.05, 4.69) is 28.0 Å². The van der Waals surface area contributed by atoms with Crippen molar-refractivity contribution in [1.82, 2.24) is 19.7 Å².